The predicted molar refractivity (Wildman–Crippen MR) is 151 cm³/mol. The second-order valence-electron chi connectivity index (χ2n) is 11.9. The molecule has 42 heavy (non-hydrogen) atoms. The first-order valence-corrected chi connectivity index (χ1v) is 16.1. The van der Waals surface area contributed by atoms with E-state index in [9.17, 15) is 27.2 Å². The van der Waals surface area contributed by atoms with Crippen molar-refractivity contribution in [1.29, 1.82) is 0 Å². The van der Waals surface area contributed by atoms with E-state index in [1.165, 1.54) is 14.1 Å². The highest BCUT2D eigenvalue weighted by Crippen LogP contribution is 2.37. The van der Waals surface area contributed by atoms with Crippen LogP contribution in [0.15, 0.2) is 42.5 Å². The van der Waals surface area contributed by atoms with Crippen LogP contribution in [-0.2, 0) is 37.2 Å². The van der Waals surface area contributed by atoms with Crippen LogP contribution in [0.5, 0.6) is 0 Å². The molecule has 0 aromatic heterocycles. The summed E-state index contributed by atoms with van der Waals surface area (Å²) in [6.07, 6.45) is 2.44. The molecule has 0 unspecified atom stereocenters. The number of rotatable bonds is 7. The van der Waals surface area contributed by atoms with E-state index in [4.69, 9.17) is 0 Å². The number of carbonyl (C=O) groups is 3. The molecule has 3 aliphatic rings. The molecule has 2 saturated heterocycles. The third-order valence-corrected chi connectivity index (χ3v) is 9.80. The van der Waals surface area contributed by atoms with Crippen LogP contribution in [0.3, 0.4) is 0 Å². The van der Waals surface area contributed by atoms with Crippen molar-refractivity contribution < 1.29 is 31.6 Å². The molecule has 0 saturated carbocycles. The Morgan fingerprint density at radius 3 is 2.17 bits per heavy atom. The summed E-state index contributed by atoms with van der Waals surface area (Å²) in [6.45, 7) is 3.89. The maximum atomic E-state index is 15.5. The van der Waals surface area contributed by atoms with Crippen LogP contribution in [0, 0.1) is 23.5 Å². The minimum Gasteiger partial charge on any atom is -0.342 e. The third kappa shape index (κ3) is 5.92. The number of piperazine rings is 2. The van der Waals surface area contributed by atoms with E-state index in [1.807, 2.05) is 38.1 Å². The number of hydrogen-bond acceptors (Lipinski definition) is 5. The fourth-order valence-electron chi connectivity index (χ4n) is 6.41. The zero-order valence-electron chi connectivity index (χ0n) is 23.9. The summed E-state index contributed by atoms with van der Waals surface area (Å²) in [6, 6.07) is 7.11. The lowest BCUT2D eigenvalue weighted by Gasteiger charge is -2.46. The van der Waals surface area contributed by atoms with Gasteiger partial charge >= 0.3 is 0 Å². The Morgan fingerprint density at radius 2 is 1.62 bits per heavy atom. The van der Waals surface area contributed by atoms with Gasteiger partial charge in [-0.2, -0.15) is 4.31 Å². The van der Waals surface area contributed by atoms with Crippen molar-refractivity contribution in [1.82, 2.24) is 19.4 Å². The van der Waals surface area contributed by atoms with Crippen LogP contribution in [0.4, 0.5) is 8.78 Å². The average Bonchev–Trinajstić information content (AvgIpc) is 3.36. The zero-order valence-corrected chi connectivity index (χ0v) is 24.7. The standard InChI is InChI=1S/C30H36F2N4O5S/c1-18(2)14-25-28(37)33-26(21-15-19-6-4-5-7-20(19)16-21)29(38)36(25)27(23-9-8-22(31)17-24(23)32)30(39)34-10-12-35(13-11-34)42(3,40)41/h4-9,17-18,21,25-27H,10-16H2,1-3H3,(H,33,37)/t25-,26-,27-/m1/s1. The highest BCUT2D eigenvalue weighted by atomic mass is 32.2. The van der Waals surface area contributed by atoms with Gasteiger partial charge in [-0.1, -0.05) is 44.2 Å². The zero-order chi connectivity index (χ0) is 30.3. The van der Waals surface area contributed by atoms with E-state index >= 15 is 4.39 Å². The molecule has 226 valence electrons. The molecular weight excluding hydrogens is 566 g/mol. The molecule has 2 fully saturated rings. The number of amides is 3. The van der Waals surface area contributed by atoms with Crippen molar-refractivity contribution in [2.45, 2.75) is 51.2 Å². The molecule has 2 aromatic rings. The van der Waals surface area contributed by atoms with Crippen molar-refractivity contribution in [2.24, 2.45) is 11.8 Å². The Balaban J connectivity index is 1.55. The molecule has 1 aliphatic carbocycles. The smallest absolute Gasteiger partial charge is 0.250 e. The minimum absolute atomic E-state index is 0.0235. The van der Waals surface area contributed by atoms with Gasteiger partial charge in [-0.05, 0) is 48.3 Å². The first-order valence-electron chi connectivity index (χ1n) is 14.2. The summed E-state index contributed by atoms with van der Waals surface area (Å²) < 4.78 is 54.8. The maximum absolute atomic E-state index is 15.5. The highest BCUT2D eigenvalue weighted by molar-refractivity contribution is 7.88. The molecule has 1 N–H and O–H groups in total. The van der Waals surface area contributed by atoms with E-state index in [1.54, 1.807) is 0 Å². The number of nitrogens with zero attached hydrogens (tertiary/aromatic N) is 3. The van der Waals surface area contributed by atoms with Gasteiger partial charge in [-0.25, -0.2) is 17.2 Å². The largest absolute Gasteiger partial charge is 0.342 e. The minimum atomic E-state index is -3.48. The summed E-state index contributed by atoms with van der Waals surface area (Å²) in [7, 11) is -3.48. The van der Waals surface area contributed by atoms with Gasteiger partial charge in [-0.15, -0.1) is 0 Å². The van der Waals surface area contributed by atoms with Gasteiger partial charge in [0.15, 0.2) is 0 Å². The number of benzene rings is 2. The van der Waals surface area contributed by atoms with Gasteiger partial charge in [0, 0.05) is 37.8 Å². The molecule has 2 aliphatic heterocycles. The monoisotopic (exact) mass is 602 g/mol. The van der Waals surface area contributed by atoms with E-state index in [2.05, 4.69) is 5.32 Å². The summed E-state index contributed by atoms with van der Waals surface area (Å²) in [4.78, 5) is 45.0. The van der Waals surface area contributed by atoms with Crippen molar-refractivity contribution in [3.63, 3.8) is 0 Å². The average molecular weight is 603 g/mol. The molecule has 3 amide bonds. The Labute approximate surface area is 244 Å². The van der Waals surface area contributed by atoms with Crippen molar-refractivity contribution >= 4 is 27.7 Å². The molecule has 0 radical (unpaired) electrons. The van der Waals surface area contributed by atoms with E-state index in [0.717, 1.165) is 29.5 Å². The molecule has 3 atom stereocenters. The van der Waals surface area contributed by atoms with Crippen LogP contribution < -0.4 is 5.32 Å². The number of nitrogens with one attached hydrogen (secondary N) is 1. The fourth-order valence-corrected chi connectivity index (χ4v) is 7.24. The predicted octanol–water partition coefficient (Wildman–Crippen LogP) is 2.27. The SMILES string of the molecule is CC(C)C[C@@H]1C(=O)N[C@H](C2Cc3ccccc3C2)C(=O)N1[C@@H](C(=O)N1CCN(S(C)(=O)=O)CC1)c1ccc(F)cc1F. The van der Waals surface area contributed by atoms with Crippen LogP contribution >= 0.6 is 0 Å². The molecule has 12 heteroatoms. The maximum Gasteiger partial charge on any atom is 0.250 e. The van der Waals surface area contributed by atoms with Crippen molar-refractivity contribution in [2.75, 3.05) is 32.4 Å². The van der Waals surface area contributed by atoms with Crippen LogP contribution in [0.25, 0.3) is 0 Å². The molecule has 0 bridgehead atoms. The third-order valence-electron chi connectivity index (χ3n) is 8.49. The number of sulfonamides is 1. The second-order valence-corrected chi connectivity index (χ2v) is 13.9. The quantitative estimate of drug-likeness (QED) is 0.524. The number of carbonyl (C=O) groups excluding carboxylic acids is 3. The molecule has 9 nitrogen and oxygen atoms in total. The Hall–Kier alpha value is -3.38. The molecule has 5 rings (SSSR count). The first-order chi connectivity index (χ1) is 19.8. The van der Waals surface area contributed by atoms with Crippen molar-refractivity contribution in [3.8, 4) is 0 Å². The molecular formula is C30H36F2N4O5S. The Morgan fingerprint density at radius 1 is 1.00 bits per heavy atom. The van der Waals surface area contributed by atoms with Crippen LogP contribution in [0.2, 0.25) is 0 Å². The fraction of sp³-hybridized carbons (Fsp3) is 0.500. The normalized spacial score (nSPS) is 22.8. The highest BCUT2D eigenvalue weighted by Gasteiger charge is 2.50. The van der Waals surface area contributed by atoms with E-state index in [-0.39, 0.29) is 50.0 Å². The van der Waals surface area contributed by atoms with E-state index in [0.29, 0.717) is 18.9 Å². The Kier molecular flexibility index (Phi) is 8.39. The van der Waals surface area contributed by atoms with Crippen LogP contribution in [0.1, 0.15) is 43.0 Å². The number of fused-ring (bicyclic) bond motifs is 1. The topological polar surface area (TPSA) is 107 Å². The molecule has 2 aromatic carbocycles. The summed E-state index contributed by atoms with van der Waals surface area (Å²) in [5, 5.41) is 2.92. The van der Waals surface area contributed by atoms with Gasteiger partial charge in [0.2, 0.25) is 27.7 Å². The first kappa shape index (κ1) is 30.1. The number of halogens is 2. The summed E-state index contributed by atoms with van der Waals surface area (Å²) >= 11 is 0. The lowest BCUT2D eigenvalue weighted by Crippen LogP contribution is -2.67. The summed E-state index contributed by atoms with van der Waals surface area (Å²) in [5.41, 5.74) is 1.96. The van der Waals surface area contributed by atoms with Gasteiger partial charge in [0.25, 0.3) is 0 Å². The van der Waals surface area contributed by atoms with Gasteiger partial charge in [-0.3, -0.25) is 14.4 Å². The Bertz CT molecular complexity index is 1470. The van der Waals surface area contributed by atoms with E-state index < -0.39 is 57.5 Å². The lowest BCUT2D eigenvalue weighted by atomic mass is 9.87. The van der Waals surface area contributed by atoms with Crippen molar-refractivity contribution in [3.05, 3.63) is 70.8 Å². The number of hydrogen-bond donors (Lipinski definition) is 1. The summed E-state index contributed by atoms with van der Waals surface area (Å²) in [5.74, 6) is -3.70. The van der Waals surface area contributed by atoms with Gasteiger partial charge < -0.3 is 15.1 Å². The van der Waals surface area contributed by atoms with Crippen LogP contribution in [-0.4, -0.2) is 84.8 Å². The molecule has 0 spiro atoms. The van der Waals surface area contributed by atoms with Gasteiger partial charge in [0.1, 0.15) is 29.8 Å². The van der Waals surface area contributed by atoms with Gasteiger partial charge in [0.05, 0.1) is 6.26 Å². The second kappa shape index (κ2) is 11.7. The lowest BCUT2D eigenvalue weighted by molar-refractivity contribution is -0.160. The molecule has 2 heterocycles.